The Bertz CT molecular complexity index is 1840. The van der Waals surface area contributed by atoms with Crippen molar-refractivity contribution in [2.75, 3.05) is 30.8 Å². The van der Waals surface area contributed by atoms with Gasteiger partial charge in [0.15, 0.2) is 23.2 Å². The maximum absolute atomic E-state index is 11.9. The fourth-order valence-corrected chi connectivity index (χ4v) is 5.53. The fourth-order valence-electron chi connectivity index (χ4n) is 5.53. The minimum Gasteiger partial charge on any atom is -0.494 e. The molecule has 49 heavy (non-hydrogen) atoms. The third-order valence-corrected chi connectivity index (χ3v) is 8.17. The predicted octanol–water partition coefficient (Wildman–Crippen LogP) is 3.38. The van der Waals surface area contributed by atoms with E-state index >= 15 is 0 Å². The van der Waals surface area contributed by atoms with Crippen molar-refractivity contribution in [1.82, 2.24) is 24.8 Å². The van der Waals surface area contributed by atoms with Gasteiger partial charge in [-0.05, 0) is 47.2 Å². The maximum Gasteiger partial charge on any atom is 0.407 e. The Hall–Kier alpha value is -5.28. The average molecular weight is 670 g/mol. The van der Waals surface area contributed by atoms with Crippen LogP contribution in [-0.2, 0) is 22.6 Å². The van der Waals surface area contributed by atoms with E-state index in [0.717, 1.165) is 40.8 Å². The van der Waals surface area contributed by atoms with Gasteiger partial charge >= 0.3 is 6.09 Å². The lowest BCUT2D eigenvalue weighted by atomic mass is 10.0. The van der Waals surface area contributed by atoms with E-state index in [2.05, 4.69) is 25.6 Å². The number of alkyl carbamates (subject to hydrolysis) is 1. The van der Waals surface area contributed by atoms with Gasteiger partial charge in [-0.1, -0.05) is 66.7 Å². The number of carbonyl (C=O) groups excluding carboxylic acids is 1. The lowest BCUT2D eigenvalue weighted by Crippen LogP contribution is -2.33. The molecule has 2 aromatic heterocycles. The topological polar surface area (TPSA) is 199 Å². The largest absolute Gasteiger partial charge is 0.494 e. The van der Waals surface area contributed by atoms with Gasteiger partial charge < -0.3 is 45.9 Å². The van der Waals surface area contributed by atoms with E-state index in [1.54, 1.807) is 0 Å². The lowest BCUT2D eigenvalue weighted by molar-refractivity contribution is -0.0501. The fraction of sp³-hybridized carbons (Fsp3) is 0.314. The minimum atomic E-state index is -1.33. The van der Waals surface area contributed by atoms with Gasteiger partial charge in [0, 0.05) is 13.1 Å². The molecule has 7 N–H and O–H groups in total. The van der Waals surface area contributed by atoms with Crippen LogP contribution in [0.4, 0.5) is 16.6 Å². The van der Waals surface area contributed by atoms with E-state index < -0.39 is 37.2 Å². The number of hydrogen-bond donors (Lipinski definition) is 6. The molecule has 0 bridgehead atoms. The smallest absolute Gasteiger partial charge is 0.407 e. The number of imidazole rings is 1. The van der Waals surface area contributed by atoms with Crippen molar-refractivity contribution in [3.63, 3.8) is 0 Å². The number of nitrogens with two attached hydrogens (primary N) is 1. The molecule has 1 fully saturated rings. The molecule has 256 valence electrons. The summed E-state index contributed by atoms with van der Waals surface area (Å²) in [7, 11) is 0. The van der Waals surface area contributed by atoms with E-state index in [1.807, 2.05) is 78.9 Å². The van der Waals surface area contributed by atoms with Gasteiger partial charge in [-0.25, -0.2) is 19.7 Å². The highest BCUT2D eigenvalue weighted by Crippen LogP contribution is 2.35. The van der Waals surface area contributed by atoms with Crippen molar-refractivity contribution < 1.29 is 34.3 Å². The highest BCUT2D eigenvalue weighted by atomic mass is 16.6. The Morgan fingerprint density at radius 2 is 1.76 bits per heavy atom. The number of ether oxygens (including phenoxy) is 3. The standard InChI is InChI=1S/C35H39N7O7/c36-31-28-32(40-21-39-31)42(33-30(45)29(44)27(19-43)49-33)34(41-28)38-18-22-11-13-24(14-12-22)25-9-6-10-26(17-25)47-16-5-4-15-37-35(46)48-20-23-7-2-1-3-8-23/h1-3,6-14,17,21,27,29-30,33,43-45H,4-5,15-16,18-20H2,(H,37,46)(H,38,41)(H2,36,39,40)/t27-,29-,30-,33-/m1/s1. The Kier molecular flexibility index (Phi) is 10.8. The first kappa shape index (κ1) is 33.6. The van der Waals surface area contributed by atoms with Crippen molar-refractivity contribution in [2.24, 2.45) is 0 Å². The van der Waals surface area contributed by atoms with Crippen LogP contribution in [0.3, 0.4) is 0 Å². The van der Waals surface area contributed by atoms with Crippen molar-refractivity contribution in [3.8, 4) is 16.9 Å². The van der Waals surface area contributed by atoms with Crippen LogP contribution in [0.15, 0.2) is 85.2 Å². The number of anilines is 2. The zero-order chi connectivity index (χ0) is 34.2. The summed E-state index contributed by atoms with van der Waals surface area (Å²) < 4.78 is 18.5. The van der Waals surface area contributed by atoms with Gasteiger partial charge in [0.25, 0.3) is 0 Å². The number of unbranched alkanes of at least 4 members (excludes halogenated alkanes) is 1. The number of hydrogen-bond acceptors (Lipinski definition) is 12. The molecule has 6 rings (SSSR count). The summed E-state index contributed by atoms with van der Waals surface area (Å²) in [6.07, 6.45) is -2.27. The summed E-state index contributed by atoms with van der Waals surface area (Å²) >= 11 is 0. The molecule has 1 aliphatic rings. The number of benzene rings is 3. The number of nitrogen functional groups attached to an aromatic ring is 1. The second-order valence-corrected chi connectivity index (χ2v) is 11.6. The molecule has 0 saturated carbocycles. The molecule has 1 aliphatic heterocycles. The van der Waals surface area contributed by atoms with E-state index in [9.17, 15) is 20.1 Å². The first-order valence-electron chi connectivity index (χ1n) is 16.0. The first-order valence-corrected chi connectivity index (χ1v) is 16.0. The number of amides is 1. The van der Waals surface area contributed by atoms with Gasteiger partial charge in [-0.15, -0.1) is 0 Å². The molecular formula is C35H39N7O7. The predicted molar refractivity (Wildman–Crippen MR) is 181 cm³/mol. The van der Waals surface area contributed by atoms with Crippen LogP contribution >= 0.6 is 0 Å². The zero-order valence-corrected chi connectivity index (χ0v) is 26.7. The van der Waals surface area contributed by atoms with Crippen LogP contribution in [0.2, 0.25) is 0 Å². The molecule has 0 spiro atoms. The SMILES string of the molecule is Nc1ncnc2c1nc(NCc1ccc(-c3cccc(OCCCCNC(=O)OCc4ccccc4)c3)cc1)n2[C@@H]1O[C@H](CO)[C@@H](O)[C@H]1O. The summed E-state index contributed by atoms with van der Waals surface area (Å²) in [6, 6.07) is 25.4. The Morgan fingerprint density at radius 1 is 0.939 bits per heavy atom. The number of rotatable bonds is 14. The monoisotopic (exact) mass is 669 g/mol. The van der Waals surface area contributed by atoms with E-state index in [0.29, 0.717) is 36.8 Å². The molecule has 0 unspecified atom stereocenters. The summed E-state index contributed by atoms with van der Waals surface area (Å²) in [5, 5.41) is 36.7. The molecule has 3 heterocycles. The Labute approximate surface area is 282 Å². The second-order valence-electron chi connectivity index (χ2n) is 11.6. The van der Waals surface area contributed by atoms with E-state index in [4.69, 9.17) is 19.9 Å². The van der Waals surface area contributed by atoms with Crippen LogP contribution in [0.25, 0.3) is 22.3 Å². The van der Waals surface area contributed by atoms with Crippen LogP contribution in [-0.4, -0.2) is 79.0 Å². The number of aromatic nitrogens is 4. The average Bonchev–Trinajstić information content (AvgIpc) is 3.64. The Morgan fingerprint density at radius 3 is 2.53 bits per heavy atom. The molecule has 5 aromatic rings. The van der Waals surface area contributed by atoms with Gasteiger partial charge in [0.1, 0.15) is 37.0 Å². The van der Waals surface area contributed by atoms with Crippen molar-refractivity contribution >= 4 is 29.0 Å². The van der Waals surface area contributed by atoms with Crippen LogP contribution in [0.5, 0.6) is 5.75 Å². The number of aliphatic hydroxyl groups excluding tert-OH is 3. The molecule has 0 radical (unpaired) electrons. The lowest BCUT2D eigenvalue weighted by Gasteiger charge is -2.19. The van der Waals surface area contributed by atoms with Crippen molar-refractivity contribution in [3.05, 3.63) is 96.3 Å². The van der Waals surface area contributed by atoms with Crippen molar-refractivity contribution in [2.45, 2.75) is 50.5 Å². The normalized spacial score (nSPS) is 18.8. The van der Waals surface area contributed by atoms with Crippen LogP contribution in [0.1, 0.15) is 30.2 Å². The zero-order valence-electron chi connectivity index (χ0n) is 26.7. The number of fused-ring (bicyclic) bond motifs is 1. The van der Waals surface area contributed by atoms with E-state index in [-0.39, 0.29) is 12.4 Å². The highest BCUT2D eigenvalue weighted by molar-refractivity contribution is 5.84. The Balaban J connectivity index is 1.00. The first-order chi connectivity index (χ1) is 23.9. The number of carbonyl (C=O) groups is 1. The second kappa shape index (κ2) is 15.7. The molecule has 3 aromatic carbocycles. The summed E-state index contributed by atoms with van der Waals surface area (Å²) in [4.78, 5) is 24.7. The quantitative estimate of drug-likeness (QED) is 0.0944. The summed E-state index contributed by atoms with van der Waals surface area (Å²) in [6.45, 7) is 1.16. The number of nitrogens with one attached hydrogen (secondary N) is 2. The minimum absolute atomic E-state index is 0.155. The summed E-state index contributed by atoms with van der Waals surface area (Å²) in [5.41, 5.74) is 10.6. The molecule has 4 atom stereocenters. The van der Waals surface area contributed by atoms with Gasteiger partial charge in [-0.2, -0.15) is 0 Å². The van der Waals surface area contributed by atoms with Crippen LogP contribution in [0, 0.1) is 0 Å². The highest BCUT2D eigenvalue weighted by Gasteiger charge is 2.45. The van der Waals surface area contributed by atoms with E-state index in [1.165, 1.54) is 10.9 Å². The third-order valence-electron chi connectivity index (χ3n) is 8.17. The summed E-state index contributed by atoms with van der Waals surface area (Å²) in [5.74, 6) is 1.22. The molecule has 1 saturated heterocycles. The van der Waals surface area contributed by atoms with Crippen molar-refractivity contribution in [1.29, 1.82) is 0 Å². The molecular weight excluding hydrogens is 630 g/mol. The van der Waals surface area contributed by atoms with Gasteiger partial charge in [0.2, 0.25) is 5.95 Å². The van der Waals surface area contributed by atoms with Gasteiger partial charge in [-0.3, -0.25) is 4.57 Å². The molecule has 14 nitrogen and oxygen atoms in total. The molecule has 14 heteroatoms. The van der Waals surface area contributed by atoms with Gasteiger partial charge in [0.05, 0.1) is 13.2 Å². The number of aliphatic hydroxyl groups is 3. The number of nitrogens with zero attached hydrogens (tertiary/aromatic N) is 4. The molecule has 1 amide bonds. The van der Waals surface area contributed by atoms with Crippen LogP contribution < -0.4 is 21.1 Å². The third kappa shape index (κ3) is 8.06. The maximum atomic E-state index is 11.9. The molecule has 0 aliphatic carbocycles.